The summed E-state index contributed by atoms with van der Waals surface area (Å²) in [5.41, 5.74) is -0.365. The molecule has 0 aliphatic rings. The highest BCUT2D eigenvalue weighted by Crippen LogP contribution is 2.27. The highest BCUT2D eigenvalue weighted by Gasteiger charge is 2.24. The number of hydrogen-bond donors (Lipinski definition) is 2. The third-order valence-corrected chi connectivity index (χ3v) is 4.05. The van der Waals surface area contributed by atoms with E-state index in [1.807, 2.05) is 30.3 Å². The van der Waals surface area contributed by atoms with Crippen molar-refractivity contribution < 1.29 is 5.11 Å². The van der Waals surface area contributed by atoms with E-state index >= 15 is 0 Å². The smallest absolute Gasteiger partial charge is 0.343 e. The van der Waals surface area contributed by atoms with Crippen molar-refractivity contribution in [2.75, 3.05) is 5.75 Å². The molecule has 0 saturated heterocycles. The van der Waals surface area contributed by atoms with Crippen LogP contribution in [-0.2, 0) is 12.6 Å². The minimum Gasteiger partial charge on any atom is -0.385 e. The van der Waals surface area contributed by atoms with Gasteiger partial charge in [0.25, 0.3) is 0 Å². The topological polar surface area (TPSA) is 70.9 Å². The molecule has 1 aromatic carbocycles. The molecule has 0 saturated carbocycles. The van der Waals surface area contributed by atoms with Gasteiger partial charge in [0.1, 0.15) is 0 Å². The molecule has 0 fully saturated rings. The quantitative estimate of drug-likeness (QED) is 0.812. The Hall–Kier alpha value is -1.53. The predicted octanol–water partition coefficient (Wildman–Crippen LogP) is 1.11. The lowest BCUT2D eigenvalue weighted by Gasteiger charge is -2.22. The molecule has 2 aromatic rings. The minimum absolute atomic E-state index is 0.253. The lowest BCUT2D eigenvalue weighted by Crippen LogP contribution is -2.24. The van der Waals surface area contributed by atoms with Crippen LogP contribution in [0.5, 0.6) is 0 Å². The van der Waals surface area contributed by atoms with Gasteiger partial charge in [0.2, 0.25) is 0 Å². The lowest BCUT2D eigenvalue weighted by atomic mass is 9.99. The van der Waals surface area contributed by atoms with Gasteiger partial charge in [-0.3, -0.25) is 4.57 Å². The van der Waals surface area contributed by atoms with Crippen molar-refractivity contribution in [2.24, 2.45) is 7.05 Å². The molecule has 2 N–H and O–H groups in total. The monoisotopic (exact) mass is 265 g/mol. The van der Waals surface area contributed by atoms with E-state index in [9.17, 15) is 9.90 Å². The largest absolute Gasteiger partial charge is 0.385 e. The lowest BCUT2D eigenvalue weighted by molar-refractivity contribution is 0.0838. The maximum Gasteiger partial charge on any atom is 0.343 e. The highest BCUT2D eigenvalue weighted by molar-refractivity contribution is 7.99. The molecular formula is C12H15N3O2S. The third kappa shape index (κ3) is 2.65. The van der Waals surface area contributed by atoms with Gasteiger partial charge in [-0.15, -0.1) is 5.10 Å². The van der Waals surface area contributed by atoms with Crippen LogP contribution in [0.15, 0.2) is 40.3 Å². The summed E-state index contributed by atoms with van der Waals surface area (Å²) in [5, 5.41) is 17.2. The zero-order valence-corrected chi connectivity index (χ0v) is 11.1. The van der Waals surface area contributed by atoms with Gasteiger partial charge in [-0.05, 0) is 12.5 Å². The van der Waals surface area contributed by atoms with E-state index in [-0.39, 0.29) is 5.69 Å². The maximum atomic E-state index is 11.2. The predicted molar refractivity (Wildman–Crippen MR) is 70.6 cm³/mol. The first kappa shape index (κ1) is 12.9. The average Bonchev–Trinajstić information content (AvgIpc) is 2.69. The second-order valence-corrected chi connectivity index (χ2v) is 5.24. The molecule has 0 amide bonds. The fourth-order valence-electron chi connectivity index (χ4n) is 1.55. The molecule has 1 atom stereocenters. The summed E-state index contributed by atoms with van der Waals surface area (Å²) >= 11 is 1.34. The number of H-pyrrole nitrogens is 1. The summed E-state index contributed by atoms with van der Waals surface area (Å²) in [4.78, 5) is 11.2. The molecule has 0 radical (unpaired) electrons. The minimum atomic E-state index is -0.957. The summed E-state index contributed by atoms with van der Waals surface area (Å²) < 4.78 is 1.42. The van der Waals surface area contributed by atoms with Crippen LogP contribution in [0.3, 0.4) is 0 Å². The van der Waals surface area contributed by atoms with Crippen molar-refractivity contribution >= 4 is 11.8 Å². The number of hydrogen-bond acceptors (Lipinski definition) is 4. The molecule has 1 unspecified atom stereocenters. The van der Waals surface area contributed by atoms with E-state index in [0.717, 1.165) is 5.56 Å². The van der Waals surface area contributed by atoms with E-state index in [4.69, 9.17) is 0 Å². The van der Waals surface area contributed by atoms with Gasteiger partial charge in [-0.1, -0.05) is 42.1 Å². The Balaban J connectivity index is 2.10. The number of nitrogens with one attached hydrogen (secondary N) is 1. The van der Waals surface area contributed by atoms with Crippen LogP contribution in [0.25, 0.3) is 0 Å². The Morgan fingerprint density at radius 3 is 2.67 bits per heavy atom. The van der Waals surface area contributed by atoms with Gasteiger partial charge in [0, 0.05) is 12.8 Å². The summed E-state index contributed by atoms with van der Waals surface area (Å²) in [5.74, 6) is 0.426. The molecule has 18 heavy (non-hydrogen) atoms. The molecule has 5 nitrogen and oxygen atoms in total. The second-order valence-electron chi connectivity index (χ2n) is 4.30. The van der Waals surface area contributed by atoms with E-state index in [1.165, 1.54) is 16.3 Å². The number of thioether (sulfide) groups is 1. The van der Waals surface area contributed by atoms with Crippen molar-refractivity contribution in [1.82, 2.24) is 14.8 Å². The van der Waals surface area contributed by atoms with Gasteiger partial charge in [0.15, 0.2) is 5.16 Å². The maximum absolute atomic E-state index is 11.2. The van der Waals surface area contributed by atoms with Crippen LogP contribution >= 0.6 is 11.8 Å². The van der Waals surface area contributed by atoms with E-state index in [1.54, 1.807) is 14.0 Å². The fourth-order valence-corrected chi connectivity index (χ4v) is 2.51. The Bertz CT molecular complexity index is 575. The molecule has 1 heterocycles. The highest BCUT2D eigenvalue weighted by atomic mass is 32.2. The zero-order chi connectivity index (χ0) is 13.2. The average molecular weight is 265 g/mol. The Labute approximate surface area is 109 Å². The molecule has 6 heteroatoms. The third-order valence-electron chi connectivity index (χ3n) is 2.72. The Kier molecular flexibility index (Phi) is 3.58. The van der Waals surface area contributed by atoms with Crippen molar-refractivity contribution in [1.29, 1.82) is 0 Å². The first-order valence-electron chi connectivity index (χ1n) is 5.53. The summed E-state index contributed by atoms with van der Waals surface area (Å²) in [7, 11) is 1.64. The number of nitrogens with zero attached hydrogens (tertiary/aromatic N) is 2. The molecular weight excluding hydrogens is 250 g/mol. The normalized spacial score (nSPS) is 14.4. The van der Waals surface area contributed by atoms with Crippen molar-refractivity contribution in [3.8, 4) is 0 Å². The van der Waals surface area contributed by atoms with Crippen LogP contribution in [0, 0.1) is 0 Å². The number of aromatic amines is 1. The Morgan fingerprint density at radius 2 is 2.11 bits per heavy atom. The van der Waals surface area contributed by atoms with Crippen molar-refractivity contribution in [3.05, 3.63) is 46.4 Å². The SMILES string of the molecule is Cn1c(SCC(C)(O)c2ccccc2)n[nH]c1=O. The molecule has 2 rings (SSSR count). The van der Waals surface area contributed by atoms with Gasteiger partial charge in [0.05, 0.1) is 5.60 Å². The molecule has 0 bridgehead atoms. The summed E-state index contributed by atoms with van der Waals surface area (Å²) in [6, 6.07) is 9.44. The number of aliphatic hydroxyl groups is 1. The first-order valence-corrected chi connectivity index (χ1v) is 6.51. The van der Waals surface area contributed by atoms with Crippen LogP contribution in [0.4, 0.5) is 0 Å². The van der Waals surface area contributed by atoms with Gasteiger partial charge in [-0.25, -0.2) is 9.89 Å². The van der Waals surface area contributed by atoms with Gasteiger partial charge < -0.3 is 5.11 Å². The number of rotatable bonds is 4. The summed E-state index contributed by atoms with van der Waals surface area (Å²) in [6.45, 7) is 1.75. The van der Waals surface area contributed by atoms with Gasteiger partial charge >= 0.3 is 5.69 Å². The standard InChI is InChI=1S/C12H15N3O2S/c1-12(17,9-6-4-3-5-7-9)8-18-11-14-13-10(16)15(11)2/h3-7,17H,8H2,1-2H3,(H,13,16). The molecule has 0 aliphatic carbocycles. The van der Waals surface area contributed by atoms with Crippen LogP contribution in [0.1, 0.15) is 12.5 Å². The van der Waals surface area contributed by atoms with E-state index in [2.05, 4.69) is 10.2 Å². The van der Waals surface area contributed by atoms with E-state index in [0.29, 0.717) is 10.9 Å². The Morgan fingerprint density at radius 1 is 1.44 bits per heavy atom. The van der Waals surface area contributed by atoms with E-state index < -0.39 is 5.60 Å². The number of aromatic nitrogens is 3. The molecule has 96 valence electrons. The second kappa shape index (κ2) is 4.99. The van der Waals surface area contributed by atoms with Crippen molar-refractivity contribution in [2.45, 2.75) is 17.7 Å². The molecule has 0 aliphatic heterocycles. The van der Waals surface area contributed by atoms with Gasteiger partial charge in [-0.2, -0.15) is 0 Å². The molecule has 0 spiro atoms. The van der Waals surface area contributed by atoms with Crippen LogP contribution < -0.4 is 5.69 Å². The zero-order valence-electron chi connectivity index (χ0n) is 10.3. The van der Waals surface area contributed by atoms with Crippen molar-refractivity contribution in [3.63, 3.8) is 0 Å². The van der Waals surface area contributed by atoms with Crippen LogP contribution in [0.2, 0.25) is 0 Å². The number of benzene rings is 1. The van der Waals surface area contributed by atoms with Crippen LogP contribution in [-0.4, -0.2) is 25.6 Å². The first-order chi connectivity index (χ1) is 8.50. The summed E-state index contributed by atoms with van der Waals surface area (Å²) in [6.07, 6.45) is 0. The fraction of sp³-hybridized carbons (Fsp3) is 0.333. The molecule has 1 aromatic heterocycles.